The summed E-state index contributed by atoms with van der Waals surface area (Å²) in [5.74, 6) is -8.27. The Morgan fingerprint density at radius 1 is 0.791 bits per heavy atom. The molecule has 0 amide bonds. The van der Waals surface area contributed by atoms with Crippen LogP contribution in [0.15, 0.2) is 36.9 Å². The fourth-order valence-corrected chi connectivity index (χ4v) is 4.00. The molecule has 2 aliphatic heterocycles. The molecule has 20 heteroatoms. The van der Waals surface area contributed by atoms with Gasteiger partial charge in [0.25, 0.3) is 0 Å². The van der Waals surface area contributed by atoms with Crippen molar-refractivity contribution in [2.75, 3.05) is 26.2 Å². The summed E-state index contributed by atoms with van der Waals surface area (Å²) in [7, 11) is 1.98. The number of carbonyl (C=O) groups is 3. The molecule has 2 saturated heterocycles. The van der Waals surface area contributed by atoms with Gasteiger partial charge in [0.2, 0.25) is 0 Å². The zero-order valence-corrected chi connectivity index (χ0v) is 22.1. The van der Waals surface area contributed by atoms with E-state index in [1.54, 1.807) is 0 Å². The number of nitrogens with zero attached hydrogens (tertiary/aromatic N) is 5. The lowest BCUT2D eigenvalue weighted by atomic mass is 9.79. The zero-order chi connectivity index (χ0) is 33.2. The summed E-state index contributed by atoms with van der Waals surface area (Å²) >= 11 is 0. The Hall–Kier alpha value is -3.94. The van der Waals surface area contributed by atoms with Gasteiger partial charge in [0, 0.05) is 69.3 Å². The van der Waals surface area contributed by atoms with E-state index in [1.165, 1.54) is 43.7 Å². The van der Waals surface area contributed by atoms with E-state index in [1.807, 2.05) is 36.4 Å². The molecule has 0 aromatic carbocycles. The van der Waals surface area contributed by atoms with Gasteiger partial charge in [-0.1, -0.05) is 6.07 Å². The first-order chi connectivity index (χ1) is 19.5. The van der Waals surface area contributed by atoms with Crippen molar-refractivity contribution in [3.63, 3.8) is 0 Å². The zero-order valence-electron chi connectivity index (χ0n) is 22.1. The van der Waals surface area contributed by atoms with Crippen LogP contribution in [0, 0.1) is 5.41 Å². The average Bonchev–Trinajstić information content (AvgIpc) is 3.45. The van der Waals surface area contributed by atoms with E-state index in [0.717, 1.165) is 13.1 Å². The summed E-state index contributed by atoms with van der Waals surface area (Å²) in [6.45, 7) is 6.98. The van der Waals surface area contributed by atoms with Crippen molar-refractivity contribution in [3.05, 3.63) is 48.0 Å². The Balaban J connectivity index is 0.000000363. The first-order valence-electron chi connectivity index (χ1n) is 11.8. The van der Waals surface area contributed by atoms with Crippen LogP contribution < -0.4 is 0 Å². The second-order valence-corrected chi connectivity index (χ2v) is 9.40. The maximum Gasteiger partial charge on any atom is 0.490 e. The highest BCUT2D eigenvalue weighted by Gasteiger charge is 2.47. The number of aliphatic carboxylic acids is 3. The summed E-state index contributed by atoms with van der Waals surface area (Å²) in [5, 5.41) is 25.6. The van der Waals surface area contributed by atoms with E-state index in [2.05, 4.69) is 32.1 Å². The first-order valence-corrected chi connectivity index (χ1v) is 11.8. The lowest BCUT2D eigenvalue weighted by Crippen LogP contribution is -2.56. The molecule has 2 aliphatic rings. The number of halogens is 9. The predicted molar refractivity (Wildman–Crippen MR) is 126 cm³/mol. The van der Waals surface area contributed by atoms with Crippen molar-refractivity contribution in [2.24, 2.45) is 12.5 Å². The average molecular weight is 639 g/mol. The van der Waals surface area contributed by atoms with Crippen molar-refractivity contribution in [1.29, 1.82) is 0 Å². The van der Waals surface area contributed by atoms with E-state index < -0.39 is 36.4 Å². The van der Waals surface area contributed by atoms with Gasteiger partial charge in [0.1, 0.15) is 0 Å². The minimum absolute atomic E-state index is 0.532. The van der Waals surface area contributed by atoms with Gasteiger partial charge in [-0.3, -0.25) is 19.5 Å². The van der Waals surface area contributed by atoms with Crippen LogP contribution in [0.2, 0.25) is 0 Å². The van der Waals surface area contributed by atoms with Crippen LogP contribution >= 0.6 is 0 Å². The third-order valence-electron chi connectivity index (χ3n) is 5.66. The largest absolute Gasteiger partial charge is 0.490 e. The smallest absolute Gasteiger partial charge is 0.475 e. The van der Waals surface area contributed by atoms with Gasteiger partial charge in [0.15, 0.2) is 0 Å². The second kappa shape index (κ2) is 15.0. The van der Waals surface area contributed by atoms with Crippen molar-refractivity contribution in [1.82, 2.24) is 24.6 Å². The third kappa shape index (κ3) is 13.7. The molecule has 3 N–H and O–H groups in total. The molecule has 2 aromatic rings. The number of carboxylic acid groups (broad SMARTS) is 3. The van der Waals surface area contributed by atoms with Crippen LogP contribution in [0.5, 0.6) is 0 Å². The normalized spacial score (nSPS) is 16.4. The van der Waals surface area contributed by atoms with Crippen LogP contribution in [-0.2, 0) is 34.5 Å². The lowest BCUT2D eigenvalue weighted by molar-refractivity contribution is -0.193. The van der Waals surface area contributed by atoms with Crippen LogP contribution in [0.3, 0.4) is 0 Å². The number of rotatable bonds is 4. The highest BCUT2D eigenvalue weighted by molar-refractivity contribution is 5.73. The molecule has 4 heterocycles. The minimum Gasteiger partial charge on any atom is -0.475 e. The van der Waals surface area contributed by atoms with Gasteiger partial charge in [-0.2, -0.15) is 44.6 Å². The second-order valence-electron chi connectivity index (χ2n) is 9.40. The standard InChI is InChI=1S/C17H23N5.3C2HF3O2/c1-20-9-16(8-19-20)11-22-13-17(14-22)4-6-21(12-17)10-15-3-2-5-18-7-15;3*3-2(4,5)1(6)7/h2-3,5,7-9H,4,6,10-14H2,1H3;3*(H,6,7). The van der Waals surface area contributed by atoms with Crippen LogP contribution in [-0.4, -0.2) is 102 Å². The highest BCUT2D eigenvalue weighted by Crippen LogP contribution is 2.40. The minimum atomic E-state index is -5.08. The Labute approximate surface area is 237 Å². The molecular weight excluding hydrogens is 613 g/mol. The summed E-state index contributed by atoms with van der Waals surface area (Å²) < 4.78 is 97.1. The number of hydrogen-bond acceptors (Lipinski definition) is 7. The number of likely N-dealkylation sites (tertiary alicyclic amines) is 2. The molecule has 0 saturated carbocycles. The summed E-state index contributed by atoms with van der Waals surface area (Å²) in [4.78, 5) is 36.0. The quantitative estimate of drug-likeness (QED) is 0.425. The van der Waals surface area contributed by atoms with E-state index in [4.69, 9.17) is 29.7 Å². The number of aromatic nitrogens is 3. The lowest BCUT2D eigenvalue weighted by Gasteiger charge is -2.48. The maximum absolute atomic E-state index is 10.6. The number of hydrogen-bond donors (Lipinski definition) is 3. The number of pyridine rings is 1. The van der Waals surface area contributed by atoms with Gasteiger partial charge in [0.05, 0.1) is 6.20 Å². The van der Waals surface area contributed by atoms with E-state index >= 15 is 0 Å². The van der Waals surface area contributed by atoms with Crippen molar-refractivity contribution in [3.8, 4) is 0 Å². The molecule has 242 valence electrons. The molecule has 2 aromatic heterocycles. The Morgan fingerprint density at radius 2 is 1.23 bits per heavy atom. The molecule has 1 spiro atoms. The first kappa shape index (κ1) is 37.1. The van der Waals surface area contributed by atoms with Crippen molar-refractivity contribution in [2.45, 2.75) is 38.0 Å². The molecule has 11 nitrogen and oxygen atoms in total. The van der Waals surface area contributed by atoms with Gasteiger partial charge in [-0.05, 0) is 24.6 Å². The van der Waals surface area contributed by atoms with Crippen molar-refractivity contribution < 1.29 is 69.2 Å². The molecule has 43 heavy (non-hydrogen) atoms. The molecule has 2 fully saturated rings. The molecule has 4 rings (SSSR count). The van der Waals surface area contributed by atoms with Crippen molar-refractivity contribution >= 4 is 17.9 Å². The molecule has 0 unspecified atom stereocenters. The topological polar surface area (TPSA) is 149 Å². The Morgan fingerprint density at radius 3 is 1.60 bits per heavy atom. The fraction of sp³-hybridized carbons (Fsp3) is 0.522. The van der Waals surface area contributed by atoms with E-state index in [0.29, 0.717) is 5.41 Å². The van der Waals surface area contributed by atoms with Crippen LogP contribution in [0.25, 0.3) is 0 Å². The predicted octanol–water partition coefficient (Wildman–Crippen LogP) is 3.42. The summed E-state index contributed by atoms with van der Waals surface area (Å²) in [6, 6.07) is 4.20. The fourth-order valence-electron chi connectivity index (χ4n) is 4.00. The monoisotopic (exact) mass is 639 g/mol. The molecule has 0 atom stereocenters. The van der Waals surface area contributed by atoms with Crippen LogP contribution in [0.4, 0.5) is 39.5 Å². The highest BCUT2D eigenvalue weighted by atomic mass is 19.4. The third-order valence-corrected chi connectivity index (χ3v) is 5.66. The van der Waals surface area contributed by atoms with E-state index in [9.17, 15) is 39.5 Å². The Bertz CT molecular complexity index is 1140. The molecular formula is C23H26F9N5O6. The number of alkyl halides is 9. The van der Waals surface area contributed by atoms with Gasteiger partial charge >= 0.3 is 36.4 Å². The van der Waals surface area contributed by atoms with Gasteiger partial charge in [-0.15, -0.1) is 0 Å². The van der Waals surface area contributed by atoms with E-state index in [-0.39, 0.29) is 0 Å². The number of aryl methyl sites for hydroxylation is 1. The molecule has 0 radical (unpaired) electrons. The maximum atomic E-state index is 10.6. The number of carboxylic acids is 3. The SMILES string of the molecule is Cn1cc(CN2CC3(CCN(Cc4cccnc4)C3)C2)cn1.O=C(O)C(F)(F)F.O=C(O)C(F)(F)F.O=C(O)C(F)(F)F. The Kier molecular flexibility index (Phi) is 12.9. The van der Waals surface area contributed by atoms with Gasteiger partial charge < -0.3 is 15.3 Å². The van der Waals surface area contributed by atoms with Crippen LogP contribution in [0.1, 0.15) is 17.5 Å². The molecule has 0 aliphatic carbocycles. The summed E-state index contributed by atoms with van der Waals surface area (Å²) in [6.07, 6.45) is -5.99. The molecule has 0 bridgehead atoms. The van der Waals surface area contributed by atoms with Gasteiger partial charge in [-0.25, -0.2) is 14.4 Å². The summed E-state index contributed by atoms with van der Waals surface area (Å²) in [5.41, 5.74) is 3.18.